The van der Waals surface area contributed by atoms with Crippen LogP contribution >= 0.6 is 0 Å². The van der Waals surface area contributed by atoms with Gasteiger partial charge in [-0.25, -0.2) is 0 Å². The Morgan fingerprint density at radius 3 is 0.500 bits per heavy atom. The van der Waals surface area contributed by atoms with Gasteiger partial charge in [-0.2, -0.15) is 0 Å². The SMILES string of the molecule is OB(O)O.OB(O)O.[Na+].[Na+].[OH-].[OH-]. The number of hydrogen-bond donors (Lipinski definition) is 6. The van der Waals surface area contributed by atoms with Crippen LogP contribution in [0, 0.1) is 0 Å². The maximum atomic E-state index is 7.17. The van der Waals surface area contributed by atoms with E-state index < -0.39 is 14.6 Å². The maximum Gasteiger partial charge on any atom is 1.00 e. The van der Waals surface area contributed by atoms with Crippen molar-refractivity contribution in [2.24, 2.45) is 0 Å². The first-order valence-corrected chi connectivity index (χ1v) is 1.55. The fraction of sp³-hybridized carbons (Fsp3) is 0. The van der Waals surface area contributed by atoms with Crippen molar-refractivity contribution in [3.05, 3.63) is 0 Å². The first-order chi connectivity index (χ1) is 3.46. The molecule has 0 rings (SSSR count). The van der Waals surface area contributed by atoms with E-state index in [1.807, 2.05) is 0 Å². The van der Waals surface area contributed by atoms with Crippen LogP contribution in [0.4, 0.5) is 0 Å². The molecule has 64 valence electrons. The van der Waals surface area contributed by atoms with Crippen LogP contribution in [0.2, 0.25) is 0 Å². The van der Waals surface area contributed by atoms with E-state index in [-0.39, 0.29) is 70.1 Å². The predicted octanol–water partition coefficient (Wildman–Crippen LogP) is -10.4. The van der Waals surface area contributed by atoms with Crippen molar-refractivity contribution in [1.82, 2.24) is 0 Å². The zero-order valence-electron chi connectivity index (χ0n) is 6.73. The Morgan fingerprint density at radius 1 is 0.500 bits per heavy atom. The molecule has 0 radical (unpaired) electrons. The molecule has 0 amide bonds. The Hall–Kier alpha value is 1.81. The van der Waals surface area contributed by atoms with E-state index in [9.17, 15) is 0 Å². The monoisotopic (exact) mass is 204 g/mol. The van der Waals surface area contributed by atoms with Gasteiger partial charge in [-0.3, -0.25) is 0 Å². The fourth-order valence-corrected chi connectivity index (χ4v) is 0. The van der Waals surface area contributed by atoms with Gasteiger partial charge in [0.05, 0.1) is 0 Å². The Kier molecular flexibility index (Phi) is 90.7. The zero-order valence-corrected chi connectivity index (χ0v) is 10.7. The minimum absolute atomic E-state index is 0. The van der Waals surface area contributed by atoms with Crippen molar-refractivity contribution in [2.45, 2.75) is 0 Å². The summed E-state index contributed by atoms with van der Waals surface area (Å²) in [4.78, 5) is 0. The molecule has 8 nitrogen and oxygen atoms in total. The summed E-state index contributed by atoms with van der Waals surface area (Å²) in [5, 5.41) is 43.0. The average molecular weight is 204 g/mol. The third-order valence-electron chi connectivity index (χ3n) is 0. The Balaban J connectivity index is -0.0000000112. The Labute approximate surface area is 114 Å². The van der Waals surface area contributed by atoms with E-state index in [0.717, 1.165) is 0 Å². The third-order valence-corrected chi connectivity index (χ3v) is 0. The van der Waals surface area contributed by atoms with Crippen LogP contribution < -0.4 is 59.1 Å². The van der Waals surface area contributed by atoms with Gasteiger partial charge in [0.2, 0.25) is 0 Å². The second kappa shape index (κ2) is 29.3. The normalized spacial score (nSPS) is 4.50. The predicted molar refractivity (Wildman–Crippen MR) is 28.7 cm³/mol. The summed E-state index contributed by atoms with van der Waals surface area (Å²) in [6.45, 7) is 0. The molecule has 0 aliphatic rings. The molecule has 0 aliphatic carbocycles. The molecular weight excluding hydrogens is 196 g/mol. The van der Waals surface area contributed by atoms with Crippen molar-refractivity contribution in [3.8, 4) is 0 Å². The minimum atomic E-state index is -2.17. The summed E-state index contributed by atoms with van der Waals surface area (Å²) in [7, 11) is -4.33. The van der Waals surface area contributed by atoms with Gasteiger partial charge >= 0.3 is 73.8 Å². The number of rotatable bonds is 0. The first-order valence-electron chi connectivity index (χ1n) is 1.55. The van der Waals surface area contributed by atoms with Gasteiger partial charge in [0.15, 0.2) is 0 Å². The molecule has 0 spiro atoms. The van der Waals surface area contributed by atoms with Gasteiger partial charge in [0.25, 0.3) is 0 Å². The van der Waals surface area contributed by atoms with Gasteiger partial charge in [-0.05, 0) is 0 Å². The van der Waals surface area contributed by atoms with Gasteiger partial charge in [-0.1, -0.05) is 0 Å². The second-order valence-corrected chi connectivity index (χ2v) is 0.693. The van der Waals surface area contributed by atoms with Crippen LogP contribution in [0.25, 0.3) is 0 Å². The van der Waals surface area contributed by atoms with Crippen molar-refractivity contribution < 1.29 is 100 Å². The molecule has 0 aliphatic heterocycles. The molecule has 0 bridgehead atoms. The number of hydrogen-bond acceptors (Lipinski definition) is 8. The molecule has 0 heterocycles. The van der Waals surface area contributed by atoms with E-state index in [2.05, 4.69) is 0 Å². The summed E-state index contributed by atoms with van der Waals surface area (Å²) in [5.41, 5.74) is 0. The molecule has 8 N–H and O–H groups in total. The maximum absolute atomic E-state index is 7.17. The van der Waals surface area contributed by atoms with Gasteiger partial charge < -0.3 is 41.1 Å². The molecule has 0 fully saturated rings. The van der Waals surface area contributed by atoms with E-state index in [4.69, 9.17) is 30.1 Å². The van der Waals surface area contributed by atoms with Crippen LogP contribution in [0.3, 0.4) is 0 Å². The topological polar surface area (TPSA) is 181 Å². The first kappa shape index (κ1) is 37.2. The van der Waals surface area contributed by atoms with Crippen LogP contribution in [0.1, 0.15) is 0 Å². The molecule has 0 aromatic heterocycles. The quantitative estimate of drug-likeness (QED) is 0.210. The molecule has 0 saturated heterocycles. The summed E-state index contributed by atoms with van der Waals surface area (Å²) in [5.74, 6) is 0. The van der Waals surface area contributed by atoms with E-state index in [1.165, 1.54) is 0 Å². The molecule has 12 heavy (non-hydrogen) atoms. The van der Waals surface area contributed by atoms with Crippen molar-refractivity contribution >= 4 is 14.6 Å². The zero-order chi connectivity index (χ0) is 7.15. The summed E-state index contributed by atoms with van der Waals surface area (Å²) < 4.78 is 0. The standard InChI is InChI=1S/2BH3O3.2Na.2H2O/c2*2-1(3)4;;;;/h2*2-4H;;;2*1H2/q;;2*+1;;/p-2. The molecule has 0 saturated carbocycles. The molecular formula is H8B2Na2O8. The Bertz CT molecular complexity index is 30.5. The smallest absolute Gasteiger partial charge is 0.870 e. The van der Waals surface area contributed by atoms with Gasteiger partial charge in [0.1, 0.15) is 0 Å². The largest absolute Gasteiger partial charge is 1.00 e. The van der Waals surface area contributed by atoms with E-state index >= 15 is 0 Å². The van der Waals surface area contributed by atoms with Gasteiger partial charge in [-0.15, -0.1) is 0 Å². The molecule has 0 atom stereocenters. The van der Waals surface area contributed by atoms with E-state index in [1.54, 1.807) is 0 Å². The van der Waals surface area contributed by atoms with Crippen molar-refractivity contribution in [1.29, 1.82) is 0 Å². The minimum Gasteiger partial charge on any atom is -0.870 e. The van der Waals surface area contributed by atoms with Gasteiger partial charge in [0, 0.05) is 0 Å². The van der Waals surface area contributed by atoms with Crippen LogP contribution in [0.5, 0.6) is 0 Å². The summed E-state index contributed by atoms with van der Waals surface area (Å²) in [6, 6.07) is 0. The van der Waals surface area contributed by atoms with Crippen molar-refractivity contribution in [3.63, 3.8) is 0 Å². The van der Waals surface area contributed by atoms with Crippen molar-refractivity contribution in [2.75, 3.05) is 0 Å². The third kappa shape index (κ3) is 421. The average Bonchev–Trinajstić information content (AvgIpc) is 1.25. The fourth-order valence-electron chi connectivity index (χ4n) is 0. The Morgan fingerprint density at radius 2 is 0.500 bits per heavy atom. The molecule has 0 aromatic rings. The van der Waals surface area contributed by atoms with Crippen LogP contribution in [-0.2, 0) is 0 Å². The van der Waals surface area contributed by atoms with Crippen LogP contribution in [-0.4, -0.2) is 55.7 Å². The summed E-state index contributed by atoms with van der Waals surface area (Å²) >= 11 is 0. The molecule has 12 heteroatoms. The summed E-state index contributed by atoms with van der Waals surface area (Å²) in [6.07, 6.45) is 0. The second-order valence-electron chi connectivity index (χ2n) is 0.693. The van der Waals surface area contributed by atoms with Crippen LogP contribution in [0.15, 0.2) is 0 Å². The molecule has 0 unspecified atom stereocenters. The van der Waals surface area contributed by atoms with E-state index in [0.29, 0.717) is 0 Å². The molecule has 0 aromatic carbocycles.